The maximum Gasteiger partial charge on any atom is 0.305 e. The van der Waals surface area contributed by atoms with Gasteiger partial charge in [-0.15, -0.1) is 0 Å². The number of amides is 1. The smallest absolute Gasteiger partial charge is 0.305 e. The van der Waals surface area contributed by atoms with Crippen LogP contribution in [0.4, 0.5) is 0 Å². The number of nitrogens with one attached hydrogen (secondary N) is 1. The van der Waals surface area contributed by atoms with Gasteiger partial charge in [-0.2, -0.15) is 0 Å². The zero-order valence-corrected chi connectivity index (χ0v) is 31.4. The highest BCUT2D eigenvalue weighted by Crippen LogP contribution is 2.17. The molecule has 0 radical (unpaired) electrons. The topological polar surface area (TPSA) is 75.6 Å². The van der Waals surface area contributed by atoms with Gasteiger partial charge in [0.1, 0.15) is 6.61 Å². The SMILES string of the molecule is CCCCCCCCCCCCCCCCCC(=O)NC(CC)(CO)COC(=O)CCCCCCCCCCCCCCCCC. The minimum atomic E-state index is -0.878. The van der Waals surface area contributed by atoms with E-state index in [1.165, 1.54) is 167 Å². The van der Waals surface area contributed by atoms with E-state index in [2.05, 4.69) is 19.2 Å². The first-order valence-corrected chi connectivity index (χ1v) is 20.6. The Morgan fingerprint density at radius 2 is 0.783 bits per heavy atom. The molecule has 0 saturated heterocycles. The number of aliphatic hydroxyl groups is 1. The summed E-state index contributed by atoms with van der Waals surface area (Å²) in [4.78, 5) is 25.0. The van der Waals surface area contributed by atoms with Crippen molar-refractivity contribution in [2.75, 3.05) is 13.2 Å². The maximum atomic E-state index is 12.6. The van der Waals surface area contributed by atoms with Crippen LogP contribution in [-0.2, 0) is 14.3 Å². The van der Waals surface area contributed by atoms with E-state index >= 15 is 0 Å². The molecule has 0 aliphatic rings. The first-order chi connectivity index (χ1) is 22.5. The van der Waals surface area contributed by atoms with Gasteiger partial charge in [0.15, 0.2) is 0 Å². The minimum Gasteiger partial charge on any atom is -0.463 e. The van der Waals surface area contributed by atoms with Crippen LogP contribution in [0.3, 0.4) is 0 Å². The van der Waals surface area contributed by atoms with E-state index in [0.717, 1.165) is 25.7 Å². The summed E-state index contributed by atoms with van der Waals surface area (Å²) in [6.45, 7) is 6.29. The van der Waals surface area contributed by atoms with E-state index in [0.29, 0.717) is 19.3 Å². The summed E-state index contributed by atoms with van der Waals surface area (Å²) in [7, 11) is 0. The van der Waals surface area contributed by atoms with E-state index in [1.807, 2.05) is 6.92 Å². The summed E-state index contributed by atoms with van der Waals surface area (Å²) in [6, 6.07) is 0. The number of rotatable bonds is 37. The van der Waals surface area contributed by atoms with Crippen LogP contribution in [-0.4, -0.2) is 35.7 Å². The van der Waals surface area contributed by atoms with Gasteiger partial charge >= 0.3 is 5.97 Å². The molecule has 0 aliphatic heterocycles. The molecule has 0 saturated carbocycles. The molecule has 1 atom stereocenters. The summed E-state index contributed by atoms with van der Waals surface area (Å²) in [5.41, 5.74) is -0.878. The summed E-state index contributed by atoms with van der Waals surface area (Å²) in [6.07, 6.45) is 40.4. The third kappa shape index (κ3) is 30.2. The average Bonchev–Trinajstić information content (AvgIpc) is 3.06. The van der Waals surface area contributed by atoms with Crippen LogP contribution in [0.25, 0.3) is 0 Å². The van der Waals surface area contributed by atoms with Crippen molar-refractivity contribution in [1.82, 2.24) is 5.32 Å². The Morgan fingerprint density at radius 3 is 1.09 bits per heavy atom. The van der Waals surface area contributed by atoms with Gasteiger partial charge in [0.25, 0.3) is 0 Å². The number of ether oxygens (including phenoxy) is 1. The second kappa shape index (κ2) is 35.2. The van der Waals surface area contributed by atoms with Gasteiger partial charge in [-0.1, -0.05) is 201 Å². The van der Waals surface area contributed by atoms with E-state index in [9.17, 15) is 14.7 Å². The Morgan fingerprint density at radius 1 is 0.478 bits per heavy atom. The number of carbonyl (C=O) groups is 2. The molecule has 46 heavy (non-hydrogen) atoms. The molecule has 0 aromatic carbocycles. The Labute approximate surface area is 287 Å². The second-order valence-electron chi connectivity index (χ2n) is 14.4. The molecular formula is C41H81NO4. The van der Waals surface area contributed by atoms with Crippen molar-refractivity contribution in [2.24, 2.45) is 0 Å². The first-order valence-electron chi connectivity index (χ1n) is 20.6. The van der Waals surface area contributed by atoms with Gasteiger partial charge in [0.2, 0.25) is 5.91 Å². The van der Waals surface area contributed by atoms with E-state index in [-0.39, 0.29) is 25.1 Å². The van der Waals surface area contributed by atoms with Crippen LogP contribution in [0.2, 0.25) is 0 Å². The lowest BCUT2D eigenvalue weighted by Crippen LogP contribution is -2.54. The number of hydrogen-bond donors (Lipinski definition) is 2. The molecule has 5 heteroatoms. The molecule has 1 amide bonds. The van der Waals surface area contributed by atoms with Crippen LogP contribution < -0.4 is 5.32 Å². The van der Waals surface area contributed by atoms with Crippen LogP contribution >= 0.6 is 0 Å². The fourth-order valence-electron chi connectivity index (χ4n) is 6.37. The average molecular weight is 652 g/mol. The predicted octanol–water partition coefficient (Wildman–Crippen LogP) is 12.3. The van der Waals surface area contributed by atoms with E-state index in [4.69, 9.17) is 4.74 Å². The Kier molecular flexibility index (Phi) is 34.4. The van der Waals surface area contributed by atoms with Crippen LogP contribution in [0.15, 0.2) is 0 Å². The van der Waals surface area contributed by atoms with Crippen molar-refractivity contribution < 1.29 is 19.4 Å². The molecule has 0 aromatic heterocycles. The molecule has 0 heterocycles. The van der Waals surface area contributed by atoms with Crippen molar-refractivity contribution >= 4 is 11.9 Å². The molecule has 1 unspecified atom stereocenters. The third-order valence-corrected chi connectivity index (χ3v) is 9.89. The Balaban J connectivity index is 3.74. The third-order valence-electron chi connectivity index (χ3n) is 9.89. The summed E-state index contributed by atoms with van der Waals surface area (Å²) < 4.78 is 5.53. The molecule has 0 spiro atoms. The molecule has 0 fully saturated rings. The highest BCUT2D eigenvalue weighted by atomic mass is 16.5. The molecule has 5 nitrogen and oxygen atoms in total. The van der Waals surface area contributed by atoms with Gasteiger partial charge in [0.05, 0.1) is 12.1 Å². The van der Waals surface area contributed by atoms with Crippen molar-refractivity contribution in [2.45, 2.75) is 238 Å². The zero-order chi connectivity index (χ0) is 33.8. The fourth-order valence-corrected chi connectivity index (χ4v) is 6.37. The molecule has 0 bridgehead atoms. The largest absolute Gasteiger partial charge is 0.463 e. The lowest BCUT2D eigenvalue weighted by molar-refractivity contribution is -0.148. The Hall–Kier alpha value is -1.10. The highest BCUT2D eigenvalue weighted by molar-refractivity contribution is 5.77. The summed E-state index contributed by atoms with van der Waals surface area (Å²) >= 11 is 0. The Bertz CT molecular complexity index is 648. The lowest BCUT2D eigenvalue weighted by Gasteiger charge is -2.31. The molecule has 0 rings (SSSR count). The number of carbonyl (C=O) groups excluding carboxylic acids is 2. The van der Waals surface area contributed by atoms with Gasteiger partial charge in [-0.3, -0.25) is 9.59 Å². The molecule has 0 aliphatic carbocycles. The quantitative estimate of drug-likeness (QED) is 0.0518. The van der Waals surface area contributed by atoms with Gasteiger partial charge in [-0.05, 0) is 19.3 Å². The fraction of sp³-hybridized carbons (Fsp3) is 0.951. The van der Waals surface area contributed by atoms with E-state index < -0.39 is 5.54 Å². The van der Waals surface area contributed by atoms with Crippen molar-refractivity contribution in [3.63, 3.8) is 0 Å². The van der Waals surface area contributed by atoms with Gasteiger partial charge in [0, 0.05) is 12.8 Å². The standard InChI is InChI=1S/C41H81NO4/c1-4-7-9-11-13-15-17-19-21-23-25-27-29-31-33-35-39(44)42-41(6-3,37-43)38-46-40(45)36-34-32-30-28-26-24-22-20-18-16-14-12-10-8-5-2/h43H,4-38H2,1-3H3,(H,42,44). The summed E-state index contributed by atoms with van der Waals surface area (Å²) in [5.74, 6) is -0.276. The molecule has 274 valence electrons. The van der Waals surface area contributed by atoms with Crippen LogP contribution in [0, 0.1) is 0 Å². The molecular weight excluding hydrogens is 570 g/mol. The second-order valence-corrected chi connectivity index (χ2v) is 14.4. The number of unbranched alkanes of at least 4 members (excludes halogenated alkanes) is 28. The lowest BCUT2D eigenvalue weighted by atomic mass is 9.97. The van der Waals surface area contributed by atoms with Crippen molar-refractivity contribution in [1.29, 1.82) is 0 Å². The van der Waals surface area contributed by atoms with Crippen LogP contribution in [0.5, 0.6) is 0 Å². The van der Waals surface area contributed by atoms with Gasteiger partial charge < -0.3 is 15.2 Å². The molecule has 2 N–H and O–H groups in total. The number of esters is 1. The van der Waals surface area contributed by atoms with Crippen molar-refractivity contribution in [3.05, 3.63) is 0 Å². The van der Waals surface area contributed by atoms with E-state index in [1.54, 1.807) is 0 Å². The first kappa shape index (κ1) is 44.9. The van der Waals surface area contributed by atoms with Gasteiger partial charge in [-0.25, -0.2) is 0 Å². The zero-order valence-electron chi connectivity index (χ0n) is 31.4. The summed E-state index contributed by atoms with van der Waals surface area (Å²) in [5, 5.41) is 13.0. The number of hydrogen-bond acceptors (Lipinski definition) is 4. The van der Waals surface area contributed by atoms with Crippen LogP contribution in [0.1, 0.15) is 233 Å². The molecule has 0 aromatic rings. The predicted molar refractivity (Wildman–Crippen MR) is 198 cm³/mol. The van der Waals surface area contributed by atoms with Crippen molar-refractivity contribution in [3.8, 4) is 0 Å². The monoisotopic (exact) mass is 652 g/mol. The number of aliphatic hydroxyl groups excluding tert-OH is 1. The highest BCUT2D eigenvalue weighted by Gasteiger charge is 2.31. The maximum absolute atomic E-state index is 12.6. The normalized spacial score (nSPS) is 12.7. The minimum absolute atomic E-state index is 0.0438.